The van der Waals surface area contributed by atoms with Crippen molar-refractivity contribution in [1.82, 2.24) is 9.97 Å². The van der Waals surface area contributed by atoms with Crippen molar-refractivity contribution in [2.45, 2.75) is 32.5 Å². The molecule has 0 bridgehead atoms. The summed E-state index contributed by atoms with van der Waals surface area (Å²) in [5.74, 6) is 0.954. The highest BCUT2D eigenvalue weighted by molar-refractivity contribution is 6.29. The van der Waals surface area contributed by atoms with Crippen LogP contribution in [0.4, 0.5) is 11.8 Å². The van der Waals surface area contributed by atoms with Gasteiger partial charge in [0.15, 0.2) is 0 Å². The van der Waals surface area contributed by atoms with Crippen molar-refractivity contribution in [3.8, 4) is 0 Å². The average Bonchev–Trinajstić information content (AvgIpc) is 2.12. The molecule has 0 spiro atoms. The van der Waals surface area contributed by atoms with Crippen LogP contribution in [0.3, 0.4) is 0 Å². The van der Waals surface area contributed by atoms with Gasteiger partial charge in [0.2, 0.25) is 5.95 Å². The summed E-state index contributed by atoms with van der Waals surface area (Å²) in [6, 6.07) is 1.73. The van der Waals surface area contributed by atoms with Gasteiger partial charge >= 0.3 is 0 Å². The van der Waals surface area contributed by atoms with Gasteiger partial charge in [-0.2, -0.15) is 4.98 Å². The number of nitrogens with zero attached hydrogens (tertiary/aromatic N) is 3. The van der Waals surface area contributed by atoms with Gasteiger partial charge in [0.25, 0.3) is 0 Å². The molecule has 2 heterocycles. The Morgan fingerprint density at radius 3 is 2.82 bits per heavy atom. The lowest BCUT2D eigenvalue weighted by Gasteiger charge is -2.42. The molecule has 1 atom stereocenters. The molecule has 1 saturated heterocycles. The molecule has 0 amide bonds. The van der Waals surface area contributed by atoms with E-state index in [1.54, 1.807) is 6.07 Å². The minimum absolute atomic E-state index is 0.147. The normalized spacial score (nSPS) is 23.8. The molecule has 1 unspecified atom stereocenters. The van der Waals surface area contributed by atoms with E-state index in [2.05, 4.69) is 28.7 Å². The Bertz CT molecular complexity index is 404. The van der Waals surface area contributed by atoms with Crippen LogP contribution in [0.5, 0.6) is 0 Å². The second-order valence-corrected chi connectivity index (χ2v) is 5.36. The number of nitrogens with two attached hydrogens (primary N) is 1. The molecule has 5 nitrogen and oxygen atoms in total. The van der Waals surface area contributed by atoms with Crippen molar-refractivity contribution in [2.75, 3.05) is 23.7 Å². The van der Waals surface area contributed by atoms with E-state index in [-0.39, 0.29) is 17.7 Å². The van der Waals surface area contributed by atoms with Crippen LogP contribution >= 0.6 is 11.6 Å². The zero-order valence-corrected chi connectivity index (χ0v) is 11.0. The van der Waals surface area contributed by atoms with Gasteiger partial charge in [0, 0.05) is 19.2 Å². The lowest BCUT2D eigenvalue weighted by molar-refractivity contribution is -0.0751. The Kier molecular flexibility index (Phi) is 3.14. The quantitative estimate of drug-likeness (QED) is 0.775. The highest BCUT2D eigenvalue weighted by atomic mass is 35.5. The predicted molar refractivity (Wildman–Crippen MR) is 68.3 cm³/mol. The van der Waals surface area contributed by atoms with Crippen molar-refractivity contribution in [3.05, 3.63) is 11.2 Å². The van der Waals surface area contributed by atoms with Crippen LogP contribution in [0.2, 0.25) is 5.15 Å². The number of morpholine rings is 1. The second-order valence-electron chi connectivity index (χ2n) is 4.98. The van der Waals surface area contributed by atoms with E-state index in [1.165, 1.54) is 0 Å². The van der Waals surface area contributed by atoms with Crippen LogP contribution < -0.4 is 10.6 Å². The zero-order chi connectivity index (χ0) is 12.6. The molecule has 17 heavy (non-hydrogen) atoms. The minimum Gasteiger partial charge on any atom is -0.369 e. The fourth-order valence-corrected chi connectivity index (χ4v) is 2.40. The second kappa shape index (κ2) is 4.31. The van der Waals surface area contributed by atoms with Crippen molar-refractivity contribution < 1.29 is 4.74 Å². The van der Waals surface area contributed by atoms with Crippen LogP contribution in [0.25, 0.3) is 0 Å². The fourth-order valence-electron chi connectivity index (χ4n) is 2.21. The highest BCUT2D eigenvalue weighted by Crippen LogP contribution is 2.26. The van der Waals surface area contributed by atoms with Gasteiger partial charge in [-0.05, 0) is 20.8 Å². The number of anilines is 2. The Labute approximate surface area is 106 Å². The Balaban J connectivity index is 2.26. The number of rotatable bonds is 1. The first-order valence-corrected chi connectivity index (χ1v) is 5.96. The number of aromatic nitrogens is 2. The minimum atomic E-state index is -0.205. The first-order chi connectivity index (χ1) is 7.85. The lowest BCUT2D eigenvalue weighted by Crippen LogP contribution is -2.52. The number of nitrogen functional groups attached to an aromatic ring is 1. The molecule has 1 aliphatic rings. The molecule has 1 aromatic rings. The third-order valence-electron chi connectivity index (χ3n) is 2.59. The Morgan fingerprint density at radius 2 is 2.24 bits per heavy atom. The summed E-state index contributed by atoms with van der Waals surface area (Å²) in [6.45, 7) is 7.68. The molecule has 94 valence electrons. The van der Waals surface area contributed by atoms with Crippen LogP contribution in [-0.4, -0.2) is 34.8 Å². The maximum Gasteiger partial charge on any atom is 0.223 e. The smallest absolute Gasteiger partial charge is 0.223 e. The fraction of sp³-hybridized carbons (Fsp3) is 0.636. The number of ether oxygens (including phenoxy) is 1. The van der Waals surface area contributed by atoms with E-state index in [4.69, 9.17) is 22.1 Å². The molecule has 0 radical (unpaired) electrons. The Morgan fingerprint density at radius 1 is 1.53 bits per heavy atom. The lowest BCUT2D eigenvalue weighted by atomic mass is 10.1. The van der Waals surface area contributed by atoms with Crippen molar-refractivity contribution >= 4 is 23.4 Å². The molecule has 0 saturated carbocycles. The largest absolute Gasteiger partial charge is 0.369 e. The summed E-state index contributed by atoms with van der Waals surface area (Å²) < 4.78 is 5.84. The highest BCUT2D eigenvalue weighted by Gasteiger charge is 2.32. The monoisotopic (exact) mass is 256 g/mol. The molecule has 2 rings (SSSR count). The SMILES string of the molecule is CC1CN(c2cc(Cl)nc(N)n2)CC(C)(C)O1. The summed E-state index contributed by atoms with van der Waals surface area (Å²) in [6.07, 6.45) is 0.147. The molecule has 6 heteroatoms. The maximum atomic E-state index is 5.89. The van der Waals surface area contributed by atoms with Gasteiger partial charge in [-0.25, -0.2) is 4.98 Å². The summed E-state index contributed by atoms with van der Waals surface area (Å²) >= 11 is 5.89. The van der Waals surface area contributed by atoms with Gasteiger partial charge in [0.05, 0.1) is 11.7 Å². The maximum absolute atomic E-state index is 5.89. The number of hydrogen-bond donors (Lipinski definition) is 1. The van der Waals surface area contributed by atoms with Crippen molar-refractivity contribution in [1.29, 1.82) is 0 Å². The summed E-state index contributed by atoms with van der Waals surface area (Å²) in [4.78, 5) is 10.2. The van der Waals surface area contributed by atoms with Crippen LogP contribution in [0.1, 0.15) is 20.8 Å². The zero-order valence-electron chi connectivity index (χ0n) is 10.3. The van der Waals surface area contributed by atoms with Gasteiger partial charge in [-0.15, -0.1) is 0 Å². The molecule has 1 aliphatic heterocycles. The van der Waals surface area contributed by atoms with Crippen LogP contribution in [-0.2, 0) is 4.74 Å². The van der Waals surface area contributed by atoms with E-state index in [0.717, 1.165) is 18.9 Å². The molecule has 1 fully saturated rings. The van der Waals surface area contributed by atoms with Crippen molar-refractivity contribution in [3.63, 3.8) is 0 Å². The number of halogens is 1. The number of hydrogen-bond acceptors (Lipinski definition) is 5. The van der Waals surface area contributed by atoms with E-state index < -0.39 is 0 Å². The molecular weight excluding hydrogens is 240 g/mol. The Hall–Kier alpha value is -1.07. The third kappa shape index (κ3) is 2.98. The summed E-state index contributed by atoms with van der Waals surface area (Å²) in [7, 11) is 0. The van der Waals surface area contributed by atoms with E-state index in [1.807, 2.05) is 6.92 Å². The van der Waals surface area contributed by atoms with Gasteiger partial charge in [-0.1, -0.05) is 11.6 Å². The molecular formula is C11H17ClN4O. The third-order valence-corrected chi connectivity index (χ3v) is 2.79. The van der Waals surface area contributed by atoms with Gasteiger partial charge in [0.1, 0.15) is 11.0 Å². The predicted octanol–water partition coefficient (Wildman–Crippen LogP) is 1.72. The van der Waals surface area contributed by atoms with E-state index in [9.17, 15) is 0 Å². The standard InChI is InChI=1S/C11H17ClN4O/c1-7-5-16(6-11(2,3)17-7)9-4-8(12)14-10(13)15-9/h4,7H,5-6H2,1-3H3,(H2,13,14,15). The molecule has 0 aromatic carbocycles. The van der Waals surface area contributed by atoms with Crippen molar-refractivity contribution in [2.24, 2.45) is 0 Å². The van der Waals surface area contributed by atoms with Gasteiger partial charge < -0.3 is 15.4 Å². The summed E-state index contributed by atoms with van der Waals surface area (Å²) in [5.41, 5.74) is 5.40. The topological polar surface area (TPSA) is 64.3 Å². The summed E-state index contributed by atoms with van der Waals surface area (Å²) in [5, 5.41) is 0.365. The van der Waals surface area contributed by atoms with Gasteiger partial charge in [-0.3, -0.25) is 0 Å². The average molecular weight is 257 g/mol. The van der Waals surface area contributed by atoms with Crippen LogP contribution in [0.15, 0.2) is 6.07 Å². The first kappa shape index (κ1) is 12.4. The first-order valence-electron chi connectivity index (χ1n) is 5.58. The molecule has 1 aromatic heterocycles. The van der Waals surface area contributed by atoms with Crippen LogP contribution in [0, 0.1) is 0 Å². The van der Waals surface area contributed by atoms with E-state index in [0.29, 0.717) is 5.15 Å². The van der Waals surface area contributed by atoms with E-state index >= 15 is 0 Å². The molecule has 0 aliphatic carbocycles. The molecule has 2 N–H and O–H groups in total.